The predicted octanol–water partition coefficient (Wildman–Crippen LogP) is -0.966. The van der Waals surface area contributed by atoms with Crippen molar-refractivity contribution in [2.45, 2.75) is 70.1 Å². The third-order valence-electron chi connectivity index (χ3n) is 5.38. The van der Waals surface area contributed by atoms with Gasteiger partial charge >= 0.3 is 5.97 Å². The predicted molar refractivity (Wildman–Crippen MR) is 120 cm³/mol. The van der Waals surface area contributed by atoms with Gasteiger partial charge in [0.15, 0.2) is 0 Å². The van der Waals surface area contributed by atoms with Crippen LogP contribution in [0.25, 0.3) is 0 Å². The molecule has 0 aliphatic carbocycles. The van der Waals surface area contributed by atoms with E-state index in [1.165, 1.54) is 16.7 Å². The number of hydrogen-bond acceptors (Lipinski definition) is 7. The van der Waals surface area contributed by atoms with Crippen LogP contribution in [-0.2, 0) is 24.0 Å². The summed E-state index contributed by atoms with van der Waals surface area (Å²) in [5.41, 5.74) is 11.0. The molecule has 4 amide bonds. The number of rotatable bonds is 13. The lowest BCUT2D eigenvalue weighted by atomic mass is 10.0. The summed E-state index contributed by atoms with van der Waals surface area (Å²) < 4.78 is 0. The van der Waals surface area contributed by atoms with Gasteiger partial charge in [-0.1, -0.05) is 13.8 Å². The van der Waals surface area contributed by atoms with Gasteiger partial charge in [-0.05, 0) is 43.6 Å². The summed E-state index contributed by atoms with van der Waals surface area (Å²) in [6.07, 6.45) is 2.86. The number of aliphatic carboxylic acids is 1. The maximum Gasteiger partial charge on any atom is 0.326 e. The van der Waals surface area contributed by atoms with Crippen LogP contribution in [0.15, 0.2) is 0 Å². The lowest BCUT2D eigenvalue weighted by Gasteiger charge is -2.30. The number of nitrogens with two attached hydrogens (primary N) is 2. The Morgan fingerprint density at radius 3 is 2.31 bits per heavy atom. The molecular formula is C20H35N5O6S. The molecular weight excluding hydrogens is 438 g/mol. The van der Waals surface area contributed by atoms with Crippen LogP contribution in [0.5, 0.6) is 0 Å². The van der Waals surface area contributed by atoms with Crippen LogP contribution in [0.3, 0.4) is 0 Å². The number of carbonyl (C=O) groups excluding carboxylic acids is 4. The molecule has 1 saturated heterocycles. The number of hydrogen-bond donors (Lipinski definition) is 5. The second kappa shape index (κ2) is 13.3. The minimum atomic E-state index is -1.29. The standard InChI is InChI=1S/C20H35N5O6S/c1-11(2)16(22)18(28)23-12(8-10-32-3)19(29)25-9-4-5-14(25)17(27)24-13(20(30)31)6-7-15(21)26/h11-14,16H,4-10,22H2,1-3H3,(H2,21,26)(H,23,28)(H,24,27)(H,30,31). The lowest BCUT2D eigenvalue weighted by molar-refractivity contribution is -0.145. The SMILES string of the molecule is CSCCC(NC(=O)C(N)C(C)C)C(=O)N1CCCC1C(=O)NC(CCC(N)=O)C(=O)O. The normalized spacial score (nSPS) is 18.7. The fourth-order valence-corrected chi connectivity index (χ4v) is 3.85. The molecule has 1 rings (SSSR count). The van der Waals surface area contributed by atoms with E-state index in [4.69, 9.17) is 11.5 Å². The van der Waals surface area contributed by atoms with Gasteiger partial charge in [0.05, 0.1) is 6.04 Å². The van der Waals surface area contributed by atoms with Crippen molar-refractivity contribution in [2.24, 2.45) is 17.4 Å². The number of amides is 4. The number of nitrogens with one attached hydrogen (secondary N) is 2. The molecule has 11 nitrogen and oxygen atoms in total. The van der Waals surface area contributed by atoms with Crippen molar-refractivity contribution in [2.75, 3.05) is 18.6 Å². The molecule has 0 radical (unpaired) electrons. The van der Waals surface area contributed by atoms with Crippen LogP contribution in [0.1, 0.15) is 46.0 Å². The second-order valence-corrected chi connectivity index (χ2v) is 9.19. The molecule has 0 aromatic rings. The molecule has 1 fully saturated rings. The fourth-order valence-electron chi connectivity index (χ4n) is 3.38. The monoisotopic (exact) mass is 473 g/mol. The maximum atomic E-state index is 13.2. The maximum absolute atomic E-state index is 13.2. The molecule has 0 bridgehead atoms. The minimum Gasteiger partial charge on any atom is -0.480 e. The molecule has 12 heteroatoms. The molecule has 1 aliphatic heterocycles. The highest BCUT2D eigenvalue weighted by Crippen LogP contribution is 2.20. The Bertz CT molecular complexity index is 704. The minimum absolute atomic E-state index is 0.107. The first kappa shape index (κ1) is 27.7. The number of thioether (sulfide) groups is 1. The number of carboxylic acids is 1. The van der Waals surface area contributed by atoms with Crippen LogP contribution in [0.2, 0.25) is 0 Å². The number of carbonyl (C=O) groups is 5. The van der Waals surface area contributed by atoms with E-state index in [-0.39, 0.29) is 18.8 Å². The van der Waals surface area contributed by atoms with Crippen LogP contribution < -0.4 is 22.1 Å². The fraction of sp³-hybridized carbons (Fsp3) is 0.750. The van der Waals surface area contributed by atoms with Crippen LogP contribution in [0, 0.1) is 5.92 Å². The summed E-state index contributed by atoms with van der Waals surface area (Å²) in [6.45, 7) is 3.93. The summed E-state index contributed by atoms with van der Waals surface area (Å²) in [6, 6.07) is -3.74. The first-order valence-corrected chi connectivity index (χ1v) is 12.1. The number of primary amides is 1. The molecule has 0 aromatic heterocycles. The van der Waals surface area contributed by atoms with E-state index in [0.717, 1.165) is 0 Å². The molecule has 1 heterocycles. The highest BCUT2D eigenvalue weighted by Gasteiger charge is 2.39. The summed E-state index contributed by atoms with van der Waals surface area (Å²) in [4.78, 5) is 62.2. The van der Waals surface area contributed by atoms with Gasteiger partial charge in [-0.15, -0.1) is 0 Å². The van der Waals surface area contributed by atoms with Crippen molar-refractivity contribution in [1.29, 1.82) is 0 Å². The molecule has 0 aromatic carbocycles. The van der Waals surface area contributed by atoms with Crippen molar-refractivity contribution in [3.8, 4) is 0 Å². The van der Waals surface area contributed by atoms with Crippen molar-refractivity contribution >= 4 is 41.4 Å². The highest BCUT2D eigenvalue weighted by atomic mass is 32.2. The summed E-state index contributed by atoms with van der Waals surface area (Å²) >= 11 is 1.52. The van der Waals surface area contributed by atoms with E-state index in [1.807, 2.05) is 6.26 Å². The molecule has 4 atom stereocenters. The number of likely N-dealkylation sites (tertiary alicyclic amines) is 1. The van der Waals surface area contributed by atoms with E-state index in [9.17, 15) is 29.1 Å². The van der Waals surface area contributed by atoms with Gasteiger partial charge in [0, 0.05) is 13.0 Å². The largest absolute Gasteiger partial charge is 0.480 e. The Balaban J connectivity index is 2.92. The Morgan fingerprint density at radius 1 is 1.12 bits per heavy atom. The number of carboxylic acid groups (broad SMARTS) is 1. The average Bonchev–Trinajstić information content (AvgIpc) is 3.22. The Kier molecular flexibility index (Phi) is 11.5. The Labute approximate surface area is 192 Å². The smallest absolute Gasteiger partial charge is 0.326 e. The van der Waals surface area contributed by atoms with Crippen molar-refractivity contribution in [3.63, 3.8) is 0 Å². The quantitative estimate of drug-likeness (QED) is 0.226. The summed E-state index contributed by atoms with van der Waals surface area (Å²) in [5.74, 6) is -2.89. The molecule has 182 valence electrons. The Hall–Kier alpha value is -2.34. The first-order chi connectivity index (χ1) is 15.0. The summed E-state index contributed by atoms with van der Waals surface area (Å²) in [7, 11) is 0. The highest BCUT2D eigenvalue weighted by molar-refractivity contribution is 7.98. The molecule has 1 aliphatic rings. The van der Waals surface area contributed by atoms with Gasteiger partial charge in [0.25, 0.3) is 0 Å². The second-order valence-electron chi connectivity index (χ2n) is 8.21. The van der Waals surface area contributed by atoms with Gasteiger partial charge < -0.3 is 32.1 Å². The van der Waals surface area contributed by atoms with Gasteiger partial charge in [0.1, 0.15) is 18.1 Å². The third kappa shape index (κ3) is 8.30. The van der Waals surface area contributed by atoms with Gasteiger partial charge in [0.2, 0.25) is 23.6 Å². The van der Waals surface area contributed by atoms with E-state index in [1.54, 1.807) is 13.8 Å². The summed E-state index contributed by atoms with van der Waals surface area (Å²) in [5, 5.41) is 14.4. The zero-order valence-corrected chi connectivity index (χ0v) is 19.7. The van der Waals surface area contributed by atoms with E-state index < -0.39 is 53.8 Å². The molecule has 32 heavy (non-hydrogen) atoms. The van der Waals surface area contributed by atoms with E-state index in [2.05, 4.69) is 10.6 Å². The Morgan fingerprint density at radius 2 is 1.78 bits per heavy atom. The van der Waals surface area contributed by atoms with E-state index >= 15 is 0 Å². The number of nitrogens with zero attached hydrogens (tertiary/aromatic N) is 1. The molecule has 0 saturated carbocycles. The topological polar surface area (TPSA) is 185 Å². The lowest BCUT2D eigenvalue weighted by Crippen LogP contribution is -2.57. The van der Waals surface area contributed by atoms with Crippen LogP contribution in [-0.4, -0.2) is 82.3 Å². The first-order valence-electron chi connectivity index (χ1n) is 10.7. The van der Waals surface area contributed by atoms with Gasteiger partial charge in [-0.25, -0.2) is 4.79 Å². The zero-order valence-electron chi connectivity index (χ0n) is 18.8. The van der Waals surface area contributed by atoms with E-state index in [0.29, 0.717) is 31.6 Å². The van der Waals surface area contributed by atoms with Crippen LogP contribution >= 0.6 is 11.8 Å². The molecule has 4 unspecified atom stereocenters. The van der Waals surface area contributed by atoms with Crippen molar-refractivity contribution < 1.29 is 29.1 Å². The van der Waals surface area contributed by atoms with Crippen molar-refractivity contribution in [1.82, 2.24) is 15.5 Å². The molecule has 0 spiro atoms. The zero-order chi connectivity index (χ0) is 24.4. The van der Waals surface area contributed by atoms with Gasteiger partial charge in [-0.2, -0.15) is 11.8 Å². The van der Waals surface area contributed by atoms with Crippen molar-refractivity contribution in [3.05, 3.63) is 0 Å². The van der Waals surface area contributed by atoms with Crippen LogP contribution in [0.4, 0.5) is 0 Å². The van der Waals surface area contributed by atoms with Gasteiger partial charge in [-0.3, -0.25) is 19.2 Å². The third-order valence-corrected chi connectivity index (χ3v) is 6.02. The molecule has 7 N–H and O–H groups in total. The average molecular weight is 474 g/mol.